The van der Waals surface area contributed by atoms with Crippen molar-refractivity contribution >= 4 is 5.91 Å². The molecule has 200 valence electrons. The highest BCUT2D eigenvalue weighted by Crippen LogP contribution is 2.37. The molecule has 0 bridgehead atoms. The van der Waals surface area contributed by atoms with E-state index in [2.05, 4.69) is 68.7 Å². The van der Waals surface area contributed by atoms with E-state index in [1.807, 2.05) is 19.2 Å². The first kappa shape index (κ1) is 25.1. The summed E-state index contributed by atoms with van der Waals surface area (Å²) in [7, 11) is 2.04. The molecule has 0 atom stereocenters. The van der Waals surface area contributed by atoms with Crippen LogP contribution in [0, 0.1) is 0 Å². The van der Waals surface area contributed by atoms with Crippen LogP contribution in [0.1, 0.15) is 96.5 Å². The molecule has 3 aliphatic rings. The molecule has 1 saturated carbocycles. The standard InChI is InChI=1S/C31H39N5O2/c1-21(2)24-6-4-7-27(17-24)38-20-29-32-33-30(34(29)3)23-9-11-26(12-10-23)36-19-25-16-22(18-35-14-5-15-35)8-13-28(25)31(36)37/h4,6-8,13,16-17,21,23,26H,5,9-12,14-15,18-20H2,1-3H3. The van der Waals surface area contributed by atoms with E-state index in [-0.39, 0.29) is 5.91 Å². The lowest BCUT2D eigenvalue weighted by Gasteiger charge is -2.34. The fourth-order valence-electron chi connectivity index (χ4n) is 6.20. The maximum atomic E-state index is 13.2. The van der Waals surface area contributed by atoms with Crippen LogP contribution >= 0.6 is 0 Å². The van der Waals surface area contributed by atoms with Crippen LogP contribution in [0.5, 0.6) is 5.75 Å². The van der Waals surface area contributed by atoms with E-state index >= 15 is 0 Å². The van der Waals surface area contributed by atoms with Crippen LogP contribution < -0.4 is 4.74 Å². The molecule has 38 heavy (non-hydrogen) atoms. The zero-order valence-electron chi connectivity index (χ0n) is 22.9. The minimum absolute atomic E-state index is 0.207. The van der Waals surface area contributed by atoms with Crippen molar-refractivity contribution in [2.24, 2.45) is 7.05 Å². The van der Waals surface area contributed by atoms with Gasteiger partial charge >= 0.3 is 0 Å². The topological polar surface area (TPSA) is 63.5 Å². The Hall–Kier alpha value is -3.19. The van der Waals surface area contributed by atoms with Crippen LogP contribution in [0.4, 0.5) is 0 Å². The number of fused-ring (bicyclic) bond motifs is 1. The maximum absolute atomic E-state index is 13.2. The molecule has 0 radical (unpaired) electrons. The maximum Gasteiger partial charge on any atom is 0.254 e. The summed E-state index contributed by atoms with van der Waals surface area (Å²) in [5, 5.41) is 9.02. The summed E-state index contributed by atoms with van der Waals surface area (Å²) in [6, 6.07) is 15.0. The lowest BCUT2D eigenvalue weighted by atomic mass is 9.84. The lowest BCUT2D eigenvalue weighted by molar-refractivity contribution is 0.0650. The summed E-state index contributed by atoms with van der Waals surface area (Å²) in [4.78, 5) is 17.8. The van der Waals surface area contributed by atoms with Gasteiger partial charge in [-0.05, 0) is 86.0 Å². The SMILES string of the molecule is CC(C)c1cccc(OCc2nnc(C3CCC(N4Cc5cc(CN6CCC6)ccc5C4=O)CC3)n2C)c1. The van der Waals surface area contributed by atoms with E-state index in [1.165, 1.54) is 36.2 Å². The molecule has 1 aromatic heterocycles. The van der Waals surface area contributed by atoms with Crippen LogP contribution in [0.3, 0.4) is 0 Å². The molecular formula is C31H39N5O2. The number of hydrogen-bond acceptors (Lipinski definition) is 5. The van der Waals surface area contributed by atoms with Crippen molar-refractivity contribution < 1.29 is 9.53 Å². The van der Waals surface area contributed by atoms with Gasteiger partial charge in [0, 0.05) is 37.7 Å². The molecule has 1 saturated heterocycles. The lowest BCUT2D eigenvalue weighted by Crippen LogP contribution is -2.38. The Morgan fingerprint density at radius 2 is 1.84 bits per heavy atom. The Balaban J connectivity index is 1.05. The number of ether oxygens (including phenoxy) is 1. The molecule has 7 nitrogen and oxygen atoms in total. The van der Waals surface area contributed by atoms with E-state index in [9.17, 15) is 4.79 Å². The fourth-order valence-corrected chi connectivity index (χ4v) is 6.20. The molecule has 0 unspecified atom stereocenters. The van der Waals surface area contributed by atoms with Gasteiger partial charge in [0.05, 0.1) is 0 Å². The van der Waals surface area contributed by atoms with E-state index in [0.717, 1.165) is 61.7 Å². The molecule has 6 rings (SSSR count). The molecule has 3 heterocycles. The van der Waals surface area contributed by atoms with Gasteiger partial charge < -0.3 is 14.2 Å². The molecule has 0 spiro atoms. The van der Waals surface area contributed by atoms with Crippen LogP contribution in [0.2, 0.25) is 0 Å². The van der Waals surface area contributed by atoms with Crippen LogP contribution in [-0.2, 0) is 26.7 Å². The number of likely N-dealkylation sites (tertiary alicyclic amines) is 1. The van der Waals surface area contributed by atoms with Gasteiger partial charge in [-0.2, -0.15) is 0 Å². The highest BCUT2D eigenvalue weighted by Gasteiger charge is 2.36. The molecular weight excluding hydrogens is 474 g/mol. The predicted molar refractivity (Wildman–Crippen MR) is 147 cm³/mol. The number of hydrogen-bond donors (Lipinski definition) is 0. The van der Waals surface area contributed by atoms with Crippen molar-refractivity contribution in [2.75, 3.05) is 13.1 Å². The number of rotatable bonds is 8. The summed E-state index contributed by atoms with van der Waals surface area (Å²) >= 11 is 0. The van der Waals surface area contributed by atoms with Crippen LogP contribution in [0.25, 0.3) is 0 Å². The third-order valence-electron chi connectivity index (χ3n) is 8.75. The monoisotopic (exact) mass is 513 g/mol. The molecule has 0 N–H and O–H groups in total. The Labute approximate surface area is 225 Å². The fraction of sp³-hybridized carbons (Fsp3) is 0.516. The van der Waals surface area contributed by atoms with Gasteiger partial charge in [-0.25, -0.2) is 0 Å². The average Bonchev–Trinajstić information content (AvgIpc) is 3.44. The predicted octanol–water partition coefficient (Wildman–Crippen LogP) is 5.41. The van der Waals surface area contributed by atoms with Crippen molar-refractivity contribution in [2.45, 2.75) is 83.5 Å². The molecule has 1 aliphatic carbocycles. The molecule has 7 heteroatoms. The molecule has 1 amide bonds. The molecule has 2 aromatic carbocycles. The van der Waals surface area contributed by atoms with Crippen molar-refractivity contribution in [3.05, 3.63) is 76.4 Å². The van der Waals surface area contributed by atoms with Gasteiger partial charge in [0.1, 0.15) is 18.2 Å². The first-order chi connectivity index (χ1) is 18.5. The van der Waals surface area contributed by atoms with Gasteiger partial charge in [-0.15, -0.1) is 10.2 Å². The summed E-state index contributed by atoms with van der Waals surface area (Å²) in [6.07, 6.45) is 5.36. The van der Waals surface area contributed by atoms with Gasteiger partial charge in [-0.1, -0.05) is 38.1 Å². The van der Waals surface area contributed by atoms with E-state index in [0.29, 0.717) is 24.5 Å². The van der Waals surface area contributed by atoms with Crippen molar-refractivity contribution in [1.82, 2.24) is 24.6 Å². The quantitative estimate of drug-likeness (QED) is 0.403. The Morgan fingerprint density at radius 3 is 2.58 bits per heavy atom. The highest BCUT2D eigenvalue weighted by molar-refractivity contribution is 5.98. The second kappa shape index (κ2) is 10.5. The minimum atomic E-state index is 0.207. The Kier molecular flexibility index (Phi) is 6.95. The van der Waals surface area contributed by atoms with E-state index < -0.39 is 0 Å². The zero-order chi connectivity index (χ0) is 26.2. The first-order valence-electron chi connectivity index (χ1n) is 14.2. The van der Waals surface area contributed by atoms with Gasteiger partial charge in [0.2, 0.25) is 0 Å². The van der Waals surface area contributed by atoms with Crippen LogP contribution in [-0.4, -0.2) is 49.6 Å². The molecule has 3 aromatic rings. The molecule has 2 aliphatic heterocycles. The molecule has 2 fully saturated rings. The number of carbonyl (C=O) groups is 1. The highest BCUT2D eigenvalue weighted by atomic mass is 16.5. The third-order valence-corrected chi connectivity index (χ3v) is 8.75. The largest absolute Gasteiger partial charge is 0.486 e. The zero-order valence-corrected chi connectivity index (χ0v) is 22.9. The second-order valence-corrected chi connectivity index (χ2v) is 11.6. The Bertz CT molecular complexity index is 1300. The van der Waals surface area contributed by atoms with Crippen molar-refractivity contribution in [3.63, 3.8) is 0 Å². The first-order valence-corrected chi connectivity index (χ1v) is 14.2. The number of benzene rings is 2. The smallest absolute Gasteiger partial charge is 0.254 e. The number of amides is 1. The van der Waals surface area contributed by atoms with Crippen LogP contribution in [0.15, 0.2) is 42.5 Å². The van der Waals surface area contributed by atoms with E-state index in [4.69, 9.17) is 4.74 Å². The summed E-state index contributed by atoms with van der Waals surface area (Å²) in [5.41, 5.74) is 4.70. The number of carbonyl (C=O) groups excluding carboxylic acids is 1. The van der Waals surface area contributed by atoms with Gasteiger partial charge in [-0.3, -0.25) is 9.69 Å². The van der Waals surface area contributed by atoms with Crippen molar-refractivity contribution in [3.8, 4) is 5.75 Å². The summed E-state index contributed by atoms with van der Waals surface area (Å²) in [5.74, 6) is 3.78. The summed E-state index contributed by atoms with van der Waals surface area (Å²) in [6.45, 7) is 8.91. The average molecular weight is 514 g/mol. The normalized spacial score (nSPS) is 21.6. The third kappa shape index (κ3) is 4.96. The summed E-state index contributed by atoms with van der Waals surface area (Å²) < 4.78 is 8.17. The number of aromatic nitrogens is 3. The van der Waals surface area contributed by atoms with Gasteiger partial charge in [0.25, 0.3) is 5.91 Å². The Morgan fingerprint density at radius 1 is 1.03 bits per heavy atom. The van der Waals surface area contributed by atoms with E-state index in [1.54, 1.807) is 0 Å². The minimum Gasteiger partial charge on any atom is -0.486 e. The number of nitrogens with zero attached hydrogens (tertiary/aromatic N) is 5. The second-order valence-electron chi connectivity index (χ2n) is 11.6. The van der Waals surface area contributed by atoms with Crippen molar-refractivity contribution in [1.29, 1.82) is 0 Å². The van der Waals surface area contributed by atoms with Gasteiger partial charge in [0.15, 0.2) is 5.82 Å².